The van der Waals surface area contributed by atoms with E-state index in [-0.39, 0.29) is 35.9 Å². The van der Waals surface area contributed by atoms with Gasteiger partial charge in [0.2, 0.25) is 5.91 Å². The van der Waals surface area contributed by atoms with Gasteiger partial charge in [-0.1, -0.05) is 0 Å². The minimum absolute atomic E-state index is 0.0307. The number of hydrogen-bond acceptors (Lipinski definition) is 7. The van der Waals surface area contributed by atoms with Crippen LogP contribution in [-0.4, -0.2) is 87.4 Å². The number of hydrogen-bond donors (Lipinski definition) is 2. The van der Waals surface area contributed by atoms with Crippen LogP contribution in [0.15, 0.2) is 47.4 Å². The van der Waals surface area contributed by atoms with Gasteiger partial charge in [-0.15, -0.1) is 0 Å². The molecule has 194 valence electrons. The summed E-state index contributed by atoms with van der Waals surface area (Å²) in [5, 5.41) is 9.98. The Hall–Kier alpha value is -2.73. The third-order valence-corrected chi connectivity index (χ3v) is 8.53. The van der Waals surface area contributed by atoms with Gasteiger partial charge in [0.15, 0.2) is 0 Å². The molecule has 11 heteroatoms. The van der Waals surface area contributed by atoms with E-state index in [0.29, 0.717) is 30.9 Å². The third-order valence-electron chi connectivity index (χ3n) is 7.13. The van der Waals surface area contributed by atoms with Crippen molar-refractivity contribution in [3.05, 3.63) is 53.8 Å². The predicted octanol–water partition coefficient (Wildman–Crippen LogP) is 1.78. The highest BCUT2D eigenvalue weighted by Gasteiger charge is 2.46. The van der Waals surface area contributed by atoms with E-state index in [9.17, 15) is 22.7 Å². The molecule has 3 aliphatic rings. The second kappa shape index (κ2) is 9.97. The average molecular weight is 520 g/mol. The quantitative estimate of drug-likeness (QED) is 0.599. The largest absolute Gasteiger partial charge is 0.487 e. The number of ether oxygens (including phenoxy) is 2. The van der Waals surface area contributed by atoms with Gasteiger partial charge in [0, 0.05) is 43.3 Å². The number of nitrogens with zero attached hydrogens (tertiary/aromatic N) is 2. The van der Waals surface area contributed by atoms with Crippen LogP contribution < -0.4 is 9.46 Å². The summed E-state index contributed by atoms with van der Waals surface area (Å²) in [6.07, 6.45) is -0.674. The van der Waals surface area contributed by atoms with E-state index < -0.39 is 28.0 Å². The zero-order valence-corrected chi connectivity index (χ0v) is 20.8. The number of nitrogens with one attached hydrogen (secondary N) is 1. The molecule has 0 bridgehead atoms. The van der Waals surface area contributed by atoms with Crippen LogP contribution in [0.1, 0.15) is 24.3 Å². The lowest BCUT2D eigenvalue weighted by Gasteiger charge is -2.38. The molecule has 36 heavy (non-hydrogen) atoms. The van der Waals surface area contributed by atoms with Crippen LogP contribution in [-0.2, 0) is 19.6 Å². The molecular weight excluding hydrogens is 489 g/mol. The number of rotatable bonds is 6. The molecule has 2 aromatic carbocycles. The summed E-state index contributed by atoms with van der Waals surface area (Å²) >= 11 is 0. The first-order chi connectivity index (χ1) is 17.2. The van der Waals surface area contributed by atoms with Crippen molar-refractivity contribution in [2.75, 3.05) is 44.6 Å². The fraction of sp³-hybridized carbons (Fsp3) is 0.480. The number of anilines is 1. The summed E-state index contributed by atoms with van der Waals surface area (Å²) < 4.78 is 53.5. The monoisotopic (exact) mass is 519 g/mol. The lowest BCUT2D eigenvalue weighted by Crippen LogP contribution is -2.50. The van der Waals surface area contributed by atoms with E-state index in [1.807, 2.05) is 11.9 Å². The fourth-order valence-corrected chi connectivity index (χ4v) is 6.21. The van der Waals surface area contributed by atoms with Crippen molar-refractivity contribution in [3.63, 3.8) is 0 Å². The van der Waals surface area contributed by atoms with Crippen LogP contribution in [0.5, 0.6) is 5.75 Å². The minimum atomic E-state index is -3.91. The maximum atomic E-state index is 13.2. The summed E-state index contributed by atoms with van der Waals surface area (Å²) in [5.41, 5.74) is 1.15. The molecular formula is C25H30FN3O6S. The molecule has 2 saturated heterocycles. The predicted molar refractivity (Wildman–Crippen MR) is 130 cm³/mol. The van der Waals surface area contributed by atoms with E-state index in [0.717, 1.165) is 30.8 Å². The number of piperazine rings is 1. The van der Waals surface area contributed by atoms with Crippen molar-refractivity contribution in [1.29, 1.82) is 0 Å². The number of sulfonamides is 1. The third kappa shape index (κ3) is 5.06. The van der Waals surface area contributed by atoms with Gasteiger partial charge in [0.25, 0.3) is 10.0 Å². The van der Waals surface area contributed by atoms with Crippen molar-refractivity contribution < 1.29 is 32.2 Å². The number of benzene rings is 2. The second-order valence-corrected chi connectivity index (χ2v) is 11.3. The van der Waals surface area contributed by atoms with Gasteiger partial charge in [-0.25, -0.2) is 12.8 Å². The average Bonchev–Trinajstić information content (AvgIpc) is 3.22. The number of aliphatic hydroxyl groups is 1. The SMILES string of the molecule is CN1CCN(C(=O)C[C@@H]2C[C@@H]3c4cc(NS(=O)(=O)c5ccc(F)cc5)ccc4O[C@@H]3[C@@H](CO)O2)CC1. The molecule has 2 aromatic rings. The van der Waals surface area contributed by atoms with Crippen LogP contribution >= 0.6 is 0 Å². The van der Waals surface area contributed by atoms with Crippen LogP contribution in [0, 0.1) is 5.82 Å². The number of halogens is 1. The zero-order valence-electron chi connectivity index (χ0n) is 20.0. The van der Waals surface area contributed by atoms with E-state index in [4.69, 9.17) is 9.47 Å². The lowest BCUT2D eigenvalue weighted by molar-refractivity contribution is -0.150. The molecule has 0 unspecified atom stereocenters. The molecule has 3 aliphatic heterocycles. The van der Waals surface area contributed by atoms with Crippen molar-refractivity contribution in [3.8, 4) is 5.75 Å². The molecule has 9 nitrogen and oxygen atoms in total. The molecule has 0 aliphatic carbocycles. The Morgan fingerprint density at radius 2 is 1.86 bits per heavy atom. The molecule has 2 N–H and O–H groups in total. The zero-order chi connectivity index (χ0) is 25.4. The minimum Gasteiger partial charge on any atom is -0.487 e. The Bertz CT molecular complexity index is 1220. The van der Waals surface area contributed by atoms with Gasteiger partial charge >= 0.3 is 0 Å². The molecule has 4 atom stereocenters. The van der Waals surface area contributed by atoms with Gasteiger partial charge in [-0.05, 0) is 55.9 Å². The number of carbonyl (C=O) groups is 1. The first kappa shape index (κ1) is 24.9. The van der Waals surface area contributed by atoms with Crippen LogP contribution in [0.3, 0.4) is 0 Å². The number of amides is 1. The van der Waals surface area contributed by atoms with Crippen LogP contribution in [0.4, 0.5) is 10.1 Å². The summed E-state index contributed by atoms with van der Waals surface area (Å²) in [4.78, 5) is 16.9. The number of carbonyl (C=O) groups excluding carboxylic acids is 1. The van der Waals surface area contributed by atoms with Gasteiger partial charge in [0.1, 0.15) is 23.8 Å². The smallest absolute Gasteiger partial charge is 0.261 e. The van der Waals surface area contributed by atoms with Gasteiger partial charge in [-0.2, -0.15) is 0 Å². The summed E-state index contributed by atoms with van der Waals surface area (Å²) in [5.74, 6) is -0.0502. The van der Waals surface area contributed by atoms with Crippen molar-refractivity contribution in [1.82, 2.24) is 9.80 Å². The molecule has 2 fully saturated rings. The standard InChI is InChI=1S/C25H30FN3O6S/c1-28-8-10-29(11-9-28)24(31)14-18-13-21-20-12-17(4-7-22(20)35-25(21)23(15-30)34-18)27-36(32,33)19-5-2-16(26)3-6-19/h2-7,12,18,21,23,25,27,30H,8-11,13-15H2,1H3/t18-,21+,23+,25-/m0/s1. The highest BCUT2D eigenvalue weighted by molar-refractivity contribution is 7.92. The summed E-state index contributed by atoms with van der Waals surface area (Å²) in [6, 6.07) is 9.61. The molecule has 5 rings (SSSR count). The van der Waals surface area contributed by atoms with E-state index >= 15 is 0 Å². The van der Waals surface area contributed by atoms with Crippen LogP contribution in [0.2, 0.25) is 0 Å². The lowest BCUT2D eigenvalue weighted by atomic mass is 9.84. The second-order valence-electron chi connectivity index (χ2n) is 9.60. The first-order valence-corrected chi connectivity index (χ1v) is 13.5. The Balaban J connectivity index is 1.32. The maximum absolute atomic E-state index is 13.2. The number of fused-ring (bicyclic) bond motifs is 3. The molecule has 1 amide bonds. The van der Waals surface area contributed by atoms with Crippen LogP contribution in [0.25, 0.3) is 0 Å². The van der Waals surface area contributed by atoms with Crippen molar-refractivity contribution in [2.45, 2.75) is 42.0 Å². The van der Waals surface area contributed by atoms with Crippen molar-refractivity contribution in [2.24, 2.45) is 0 Å². The van der Waals surface area contributed by atoms with E-state index in [1.165, 1.54) is 12.1 Å². The first-order valence-electron chi connectivity index (χ1n) is 12.0. The summed E-state index contributed by atoms with van der Waals surface area (Å²) in [6.45, 7) is 2.78. The molecule has 0 aromatic heterocycles. The highest BCUT2D eigenvalue weighted by atomic mass is 32.2. The Morgan fingerprint density at radius 3 is 2.56 bits per heavy atom. The molecule has 3 heterocycles. The molecule has 0 saturated carbocycles. The maximum Gasteiger partial charge on any atom is 0.261 e. The topological polar surface area (TPSA) is 108 Å². The molecule has 0 spiro atoms. The van der Waals surface area contributed by atoms with Gasteiger partial charge < -0.3 is 24.4 Å². The number of likely N-dealkylation sites (N-methyl/N-ethyl adjacent to an activating group) is 1. The highest BCUT2D eigenvalue weighted by Crippen LogP contribution is 2.47. The fourth-order valence-electron chi connectivity index (χ4n) is 5.16. The van der Waals surface area contributed by atoms with Gasteiger partial charge in [0.05, 0.1) is 24.0 Å². The van der Waals surface area contributed by atoms with Crippen molar-refractivity contribution >= 4 is 21.6 Å². The van der Waals surface area contributed by atoms with E-state index in [1.54, 1.807) is 18.2 Å². The Morgan fingerprint density at radius 1 is 1.14 bits per heavy atom. The van der Waals surface area contributed by atoms with Gasteiger partial charge in [-0.3, -0.25) is 9.52 Å². The Labute approximate surface area is 209 Å². The molecule has 0 radical (unpaired) electrons. The number of aliphatic hydroxyl groups excluding tert-OH is 1. The normalized spacial score (nSPS) is 26.1. The van der Waals surface area contributed by atoms with E-state index in [2.05, 4.69) is 9.62 Å². The Kier molecular flexibility index (Phi) is 6.90. The summed E-state index contributed by atoms with van der Waals surface area (Å²) in [7, 11) is -1.88.